The summed E-state index contributed by atoms with van der Waals surface area (Å²) >= 11 is 0. The second kappa shape index (κ2) is 6.40. The number of pyridine rings is 1. The molecule has 1 aromatic heterocycles. The Morgan fingerprint density at radius 1 is 1.57 bits per heavy atom. The first-order valence-corrected chi connectivity index (χ1v) is 8.37. The highest BCUT2D eigenvalue weighted by Gasteiger charge is 2.33. The number of ether oxygens (including phenoxy) is 1. The van der Waals surface area contributed by atoms with Crippen molar-refractivity contribution in [1.29, 1.82) is 0 Å². The topological polar surface area (TPSA) is 96.8 Å². The Bertz CT molecular complexity index is 617. The van der Waals surface area contributed by atoms with Crippen molar-refractivity contribution in [2.45, 2.75) is 19.0 Å². The van der Waals surface area contributed by atoms with Gasteiger partial charge in [0.05, 0.1) is 25.2 Å². The van der Waals surface area contributed by atoms with E-state index >= 15 is 0 Å². The fourth-order valence-corrected chi connectivity index (χ4v) is 4.26. The zero-order valence-corrected chi connectivity index (χ0v) is 12.5. The summed E-state index contributed by atoms with van der Waals surface area (Å²) in [6, 6.07) is 3.25. The highest BCUT2D eigenvalue weighted by atomic mass is 32.2. The minimum atomic E-state index is -3.07. The van der Waals surface area contributed by atoms with E-state index in [1.54, 1.807) is 23.2 Å². The number of hydrogen-bond acceptors (Lipinski definition) is 6. The molecule has 0 aromatic carbocycles. The first-order valence-electron chi connectivity index (χ1n) is 6.55. The molecule has 1 aromatic rings. The second-order valence-electron chi connectivity index (χ2n) is 5.03. The maximum atomic E-state index is 11.6. The van der Waals surface area contributed by atoms with Crippen LogP contribution >= 0.6 is 0 Å². The lowest BCUT2D eigenvalue weighted by molar-refractivity contribution is -0.139. The number of sulfone groups is 1. The molecule has 1 saturated heterocycles. The third kappa shape index (κ3) is 4.15. The van der Waals surface area contributed by atoms with Crippen LogP contribution < -0.4 is 4.74 Å². The first kappa shape index (κ1) is 15.7. The molecule has 21 heavy (non-hydrogen) atoms. The summed E-state index contributed by atoms with van der Waals surface area (Å²) < 4.78 is 28.3. The molecule has 0 radical (unpaired) electrons. The predicted octanol–water partition coefficient (Wildman–Crippen LogP) is 0.164. The van der Waals surface area contributed by atoms with Crippen molar-refractivity contribution in [1.82, 2.24) is 9.88 Å². The Hall–Kier alpha value is -1.67. The average molecular weight is 314 g/mol. The summed E-state index contributed by atoms with van der Waals surface area (Å²) in [6.07, 6.45) is 2.04. The van der Waals surface area contributed by atoms with Gasteiger partial charge in [-0.05, 0) is 12.5 Å². The van der Waals surface area contributed by atoms with E-state index in [4.69, 9.17) is 9.84 Å². The van der Waals surface area contributed by atoms with Gasteiger partial charge in [-0.2, -0.15) is 0 Å². The lowest BCUT2D eigenvalue weighted by Gasteiger charge is -2.26. The van der Waals surface area contributed by atoms with E-state index in [-0.39, 0.29) is 24.1 Å². The summed E-state index contributed by atoms with van der Waals surface area (Å²) in [5, 5.41) is 9.04. The Labute approximate surface area is 123 Å². The maximum Gasteiger partial charge on any atom is 0.317 e. The fourth-order valence-electron chi connectivity index (χ4n) is 2.50. The fraction of sp³-hybridized carbons (Fsp3) is 0.538. The van der Waals surface area contributed by atoms with Crippen LogP contribution in [-0.4, -0.2) is 60.6 Å². The van der Waals surface area contributed by atoms with E-state index in [2.05, 4.69) is 4.98 Å². The molecule has 2 heterocycles. The van der Waals surface area contributed by atoms with Crippen molar-refractivity contribution in [3.05, 3.63) is 23.9 Å². The lowest BCUT2D eigenvalue weighted by Crippen LogP contribution is -2.39. The molecule has 1 aliphatic rings. The molecule has 7 nitrogen and oxygen atoms in total. The van der Waals surface area contributed by atoms with Gasteiger partial charge in [0.15, 0.2) is 9.84 Å². The third-order valence-corrected chi connectivity index (χ3v) is 5.23. The summed E-state index contributed by atoms with van der Waals surface area (Å²) in [5.74, 6) is -0.447. The molecular weight excluding hydrogens is 296 g/mol. The van der Waals surface area contributed by atoms with Gasteiger partial charge < -0.3 is 9.84 Å². The second-order valence-corrected chi connectivity index (χ2v) is 7.26. The van der Waals surface area contributed by atoms with E-state index in [0.717, 1.165) is 5.56 Å². The molecule has 1 atom stereocenters. The van der Waals surface area contributed by atoms with Gasteiger partial charge in [-0.3, -0.25) is 9.69 Å². The molecule has 1 aliphatic heterocycles. The third-order valence-electron chi connectivity index (χ3n) is 3.48. The Kier molecular flexibility index (Phi) is 4.79. The highest BCUT2D eigenvalue weighted by molar-refractivity contribution is 7.91. The van der Waals surface area contributed by atoms with Crippen molar-refractivity contribution in [2.24, 2.45) is 0 Å². The average Bonchev–Trinajstić information content (AvgIpc) is 2.78. The molecule has 0 bridgehead atoms. The molecular formula is C13H18N2O5S. The summed E-state index contributed by atoms with van der Waals surface area (Å²) in [5.41, 5.74) is 0.741. The predicted molar refractivity (Wildman–Crippen MR) is 75.9 cm³/mol. The van der Waals surface area contributed by atoms with Crippen LogP contribution in [0.1, 0.15) is 12.0 Å². The zero-order valence-electron chi connectivity index (χ0n) is 11.7. The Balaban J connectivity index is 2.19. The Morgan fingerprint density at radius 3 is 2.90 bits per heavy atom. The molecule has 1 unspecified atom stereocenters. The van der Waals surface area contributed by atoms with Crippen molar-refractivity contribution in [2.75, 3.05) is 25.2 Å². The van der Waals surface area contributed by atoms with Gasteiger partial charge in [-0.1, -0.05) is 6.07 Å². The van der Waals surface area contributed by atoms with Crippen molar-refractivity contribution in [3.63, 3.8) is 0 Å². The van der Waals surface area contributed by atoms with E-state index in [1.165, 1.54) is 7.11 Å². The van der Waals surface area contributed by atoms with Gasteiger partial charge in [-0.25, -0.2) is 13.4 Å². The molecule has 8 heteroatoms. The highest BCUT2D eigenvalue weighted by Crippen LogP contribution is 2.22. The van der Waals surface area contributed by atoms with Gasteiger partial charge in [-0.15, -0.1) is 0 Å². The molecule has 0 aliphatic carbocycles. The minimum absolute atomic E-state index is 0.00283. The largest absolute Gasteiger partial charge is 0.481 e. The van der Waals surface area contributed by atoms with Crippen LogP contribution in [0.4, 0.5) is 0 Å². The number of aliphatic carboxylic acids is 1. The van der Waals surface area contributed by atoms with Crippen molar-refractivity contribution >= 4 is 15.8 Å². The number of carboxylic acids is 1. The number of carboxylic acid groups (broad SMARTS) is 1. The minimum Gasteiger partial charge on any atom is -0.481 e. The van der Waals surface area contributed by atoms with Gasteiger partial charge in [0.25, 0.3) is 0 Å². The SMILES string of the molecule is COc1ncccc1CN(CC(=O)O)C1CCS(=O)(=O)C1. The monoisotopic (exact) mass is 314 g/mol. The molecule has 0 amide bonds. The molecule has 2 rings (SSSR count). The van der Waals surface area contributed by atoms with E-state index in [0.29, 0.717) is 18.8 Å². The molecule has 1 fully saturated rings. The number of rotatable bonds is 6. The van der Waals surface area contributed by atoms with Crippen molar-refractivity contribution < 1.29 is 23.1 Å². The van der Waals surface area contributed by atoms with E-state index in [1.807, 2.05) is 0 Å². The Morgan fingerprint density at radius 2 is 2.33 bits per heavy atom. The van der Waals surface area contributed by atoms with Gasteiger partial charge in [0.1, 0.15) is 0 Å². The smallest absolute Gasteiger partial charge is 0.317 e. The zero-order chi connectivity index (χ0) is 15.5. The first-order chi connectivity index (χ1) is 9.91. The van der Waals surface area contributed by atoms with Gasteiger partial charge in [0.2, 0.25) is 5.88 Å². The standard InChI is InChI=1S/C13H18N2O5S/c1-20-13-10(3-2-5-14-13)7-15(8-12(16)17)11-4-6-21(18,19)9-11/h2-3,5,11H,4,6-9H2,1H3,(H,16,17). The van der Waals surface area contributed by atoms with Crippen LogP contribution in [-0.2, 0) is 21.2 Å². The van der Waals surface area contributed by atoms with E-state index in [9.17, 15) is 13.2 Å². The van der Waals surface area contributed by atoms with Crippen LogP contribution in [0, 0.1) is 0 Å². The summed E-state index contributed by atoms with van der Waals surface area (Å²) in [4.78, 5) is 16.8. The number of methoxy groups -OCH3 is 1. The quantitative estimate of drug-likeness (QED) is 0.799. The van der Waals surface area contributed by atoms with Crippen LogP contribution in [0.15, 0.2) is 18.3 Å². The van der Waals surface area contributed by atoms with Crippen LogP contribution in [0.25, 0.3) is 0 Å². The molecule has 1 N–H and O–H groups in total. The lowest BCUT2D eigenvalue weighted by atomic mass is 10.1. The number of hydrogen-bond donors (Lipinski definition) is 1. The number of aromatic nitrogens is 1. The van der Waals surface area contributed by atoms with Gasteiger partial charge in [0, 0.05) is 24.3 Å². The summed E-state index contributed by atoms with van der Waals surface area (Å²) in [7, 11) is -1.57. The normalized spacial score (nSPS) is 20.6. The number of carbonyl (C=O) groups is 1. The van der Waals surface area contributed by atoms with Gasteiger partial charge >= 0.3 is 5.97 Å². The van der Waals surface area contributed by atoms with E-state index < -0.39 is 15.8 Å². The molecule has 0 spiro atoms. The molecule has 0 saturated carbocycles. The van der Waals surface area contributed by atoms with Crippen LogP contribution in [0.3, 0.4) is 0 Å². The molecule has 116 valence electrons. The number of nitrogens with zero attached hydrogens (tertiary/aromatic N) is 2. The summed E-state index contributed by atoms with van der Waals surface area (Å²) in [6.45, 7) is 0.0851. The van der Waals surface area contributed by atoms with Crippen LogP contribution in [0.2, 0.25) is 0 Å². The maximum absolute atomic E-state index is 11.6. The van der Waals surface area contributed by atoms with Crippen LogP contribution in [0.5, 0.6) is 5.88 Å². The van der Waals surface area contributed by atoms with Crippen molar-refractivity contribution in [3.8, 4) is 5.88 Å².